The van der Waals surface area contributed by atoms with Crippen molar-refractivity contribution in [1.82, 2.24) is 10.3 Å². The Morgan fingerprint density at radius 1 is 1.18 bits per heavy atom. The number of pyridine rings is 1. The predicted molar refractivity (Wildman–Crippen MR) is 109 cm³/mol. The topological polar surface area (TPSA) is 83.6 Å². The Bertz CT molecular complexity index is 818. The van der Waals surface area contributed by atoms with Gasteiger partial charge in [-0.3, -0.25) is 9.59 Å². The molecule has 2 aromatic rings. The van der Waals surface area contributed by atoms with Gasteiger partial charge in [0.25, 0.3) is 0 Å². The zero-order chi connectivity index (χ0) is 19.9. The third-order valence-corrected chi connectivity index (χ3v) is 4.95. The first-order chi connectivity index (χ1) is 13.6. The number of methoxy groups -OCH3 is 1. The second-order valence-corrected chi connectivity index (χ2v) is 6.99. The first kappa shape index (κ1) is 19.7. The summed E-state index contributed by atoms with van der Waals surface area (Å²) in [7, 11) is 1.53. The molecule has 0 spiro atoms. The van der Waals surface area contributed by atoms with Crippen molar-refractivity contribution in [2.24, 2.45) is 5.92 Å². The maximum Gasteiger partial charge on any atom is 0.313 e. The van der Waals surface area contributed by atoms with Crippen LogP contribution in [-0.4, -0.2) is 43.5 Å². The van der Waals surface area contributed by atoms with E-state index in [9.17, 15) is 9.59 Å². The lowest BCUT2D eigenvalue weighted by Gasteiger charge is -2.32. The number of amides is 2. The first-order valence-electron chi connectivity index (χ1n) is 9.46. The number of anilines is 2. The summed E-state index contributed by atoms with van der Waals surface area (Å²) in [5, 5.41) is 5.38. The van der Waals surface area contributed by atoms with Gasteiger partial charge in [0.2, 0.25) is 0 Å². The predicted octanol–water partition coefficient (Wildman–Crippen LogP) is 2.37. The van der Waals surface area contributed by atoms with E-state index in [0.29, 0.717) is 23.9 Å². The van der Waals surface area contributed by atoms with Gasteiger partial charge in [0.15, 0.2) is 0 Å². The summed E-state index contributed by atoms with van der Waals surface area (Å²) >= 11 is 0. The van der Waals surface area contributed by atoms with E-state index in [4.69, 9.17) is 4.74 Å². The van der Waals surface area contributed by atoms with Crippen molar-refractivity contribution < 1.29 is 14.3 Å². The first-order valence-corrected chi connectivity index (χ1v) is 9.46. The van der Waals surface area contributed by atoms with Crippen LogP contribution in [0, 0.1) is 12.8 Å². The third kappa shape index (κ3) is 5.00. The van der Waals surface area contributed by atoms with E-state index in [2.05, 4.69) is 20.5 Å². The van der Waals surface area contributed by atoms with Gasteiger partial charge in [-0.05, 0) is 55.5 Å². The van der Waals surface area contributed by atoms with E-state index >= 15 is 0 Å². The summed E-state index contributed by atoms with van der Waals surface area (Å²) in [6, 6.07) is 11.3. The zero-order valence-electron chi connectivity index (χ0n) is 16.3. The van der Waals surface area contributed by atoms with Gasteiger partial charge in [0.1, 0.15) is 11.6 Å². The molecule has 0 radical (unpaired) electrons. The van der Waals surface area contributed by atoms with E-state index in [1.807, 2.05) is 31.2 Å². The zero-order valence-corrected chi connectivity index (χ0v) is 16.3. The van der Waals surface area contributed by atoms with Crippen LogP contribution in [0.25, 0.3) is 0 Å². The monoisotopic (exact) mass is 382 g/mol. The number of piperidine rings is 1. The van der Waals surface area contributed by atoms with E-state index in [-0.39, 0.29) is 0 Å². The van der Waals surface area contributed by atoms with E-state index in [0.717, 1.165) is 37.3 Å². The van der Waals surface area contributed by atoms with Gasteiger partial charge in [-0.25, -0.2) is 4.98 Å². The molecule has 1 aromatic heterocycles. The lowest BCUT2D eigenvalue weighted by molar-refractivity contribution is -0.136. The van der Waals surface area contributed by atoms with Gasteiger partial charge < -0.3 is 20.3 Å². The molecule has 7 nitrogen and oxygen atoms in total. The highest BCUT2D eigenvalue weighted by atomic mass is 16.5. The molecule has 1 saturated heterocycles. The average molecular weight is 382 g/mol. The van der Waals surface area contributed by atoms with Gasteiger partial charge in [-0.2, -0.15) is 0 Å². The van der Waals surface area contributed by atoms with E-state index in [1.165, 1.54) is 7.11 Å². The number of aryl methyl sites for hydroxylation is 1. The van der Waals surface area contributed by atoms with Crippen LogP contribution in [0.3, 0.4) is 0 Å². The normalized spacial score (nSPS) is 14.4. The maximum atomic E-state index is 12.2. The van der Waals surface area contributed by atoms with Gasteiger partial charge in [-0.15, -0.1) is 0 Å². The summed E-state index contributed by atoms with van der Waals surface area (Å²) in [6.07, 6.45) is 3.69. The number of nitrogens with one attached hydrogen (secondary N) is 2. The number of carbonyl (C=O) groups excluding carboxylic acids is 2. The lowest BCUT2D eigenvalue weighted by atomic mass is 9.97. The fourth-order valence-electron chi connectivity index (χ4n) is 3.32. The minimum atomic E-state index is -0.685. The quantitative estimate of drug-likeness (QED) is 0.776. The number of hydrogen-bond donors (Lipinski definition) is 2. The van der Waals surface area contributed by atoms with Crippen LogP contribution in [0.15, 0.2) is 42.6 Å². The Morgan fingerprint density at radius 3 is 2.64 bits per heavy atom. The molecule has 0 aliphatic carbocycles. The third-order valence-electron chi connectivity index (χ3n) is 4.95. The standard InChI is InChI=1S/C21H26N4O3/c1-15-6-7-18(28-2)17(13-15)24-21(27)20(26)23-14-16-8-11-25(12-9-16)19-5-3-4-10-22-19/h3-7,10,13,16H,8-9,11-12,14H2,1-2H3,(H,23,26)(H,24,27). The second-order valence-electron chi connectivity index (χ2n) is 6.99. The van der Waals surface area contributed by atoms with Crippen molar-refractivity contribution in [3.8, 4) is 5.75 Å². The minimum Gasteiger partial charge on any atom is -0.495 e. The molecule has 7 heteroatoms. The van der Waals surface area contributed by atoms with Gasteiger partial charge in [0, 0.05) is 25.8 Å². The Kier molecular flexibility index (Phi) is 6.47. The highest BCUT2D eigenvalue weighted by Crippen LogP contribution is 2.25. The number of hydrogen-bond acceptors (Lipinski definition) is 5. The number of nitrogens with zero attached hydrogens (tertiary/aromatic N) is 2. The second kappa shape index (κ2) is 9.21. The molecule has 1 aliphatic rings. The smallest absolute Gasteiger partial charge is 0.313 e. The molecule has 148 valence electrons. The molecule has 1 aliphatic heterocycles. The molecule has 2 heterocycles. The van der Waals surface area contributed by atoms with Gasteiger partial charge in [0.05, 0.1) is 12.8 Å². The SMILES string of the molecule is COc1ccc(C)cc1NC(=O)C(=O)NCC1CCN(c2ccccn2)CC1. The molecule has 1 aromatic carbocycles. The molecule has 3 rings (SSSR count). The van der Waals surface area contributed by atoms with Crippen molar-refractivity contribution in [3.05, 3.63) is 48.2 Å². The van der Waals surface area contributed by atoms with Crippen molar-refractivity contribution in [2.75, 3.05) is 37.0 Å². The van der Waals surface area contributed by atoms with Crippen molar-refractivity contribution in [2.45, 2.75) is 19.8 Å². The van der Waals surface area contributed by atoms with Crippen LogP contribution >= 0.6 is 0 Å². The van der Waals surface area contributed by atoms with Crippen LogP contribution in [0.4, 0.5) is 11.5 Å². The molecule has 0 atom stereocenters. The fourth-order valence-corrected chi connectivity index (χ4v) is 3.32. The van der Waals surface area contributed by atoms with E-state index in [1.54, 1.807) is 18.3 Å². The molecule has 2 N–H and O–H groups in total. The van der Waals surface area contributed by atoms with Crippen molar-refractivity contribution >= 4 is 23.3 Å². The summed E-state index contributed by atoms with van der Waals surface area (Å²) in [5.74, 6) is 0.542. The maximum absolute atomic E-state index is 12.2. The molecule has 1 fully saturated rings. The number of aromatic nitrogens is 1. The Labute approximate surface area is 165 Å². The number of rotatable bonds is 5. The van der Waals surface area contributed by atoms with E-state index < -0.39 is 11.8 Å². The number of ether oxygens (including phenoxy) is 1. The molecular weight excluding hydrogens is 356 g/mol. The van der Waals surface area contributed by atoms with Gasteiger partial charge in [-0.1, -0.05) is 12.1 Å². The summed E-state index contributed by atoms with van der Waals surface area (Å²) < 4.78 is 5.23. The number of benzene rings is 1. The highest BCUT2D eigenvalue weighted by molar-refractivity contribution is 6.39. The molecule has 28 heavy (non-hydrogen) atoms. The van der Waals surface area contributed by atoms with Crippen LogP contribution in [0.5, 0.6) is 5.75 Å². The van der Waals surface area contributed by atoms with Crippen LogP contribution < -0.4 is 20.3 Å². The van der Waals surface area contributed by atoms with Crippen molar-refractivity contribution in [3.63, 3.8) is 0 Å². The summed E-state index contributed by atoms with van der Waals surface area (Å²) in [4.78, 5) is 31.0. The van der Waals surface area contributed by atoms with Crippen LogP contribution in [0.2, 0.25) is 0 Å². The Balaban J connectivity index is 1.46. The van der Waals surface area contributed by atoms with Crippen LogP contribution in [-0.2, 0) is 9.59 Å². The van der Waals surface area contributed by atoms with Crippen molar-refractivity contribution in [1.29, 1.82) is 0 Å². The molecule has 2 amide bonds. The number of carbonyl (C=O) groups is 2. The Hall–Kier alpha value is -3.09. The lowest BCUT2D eigenvalue weighted by Crippen LogP contribution is -2.42. The fraction of sp³-hybridized carbons (Fsp3) is 0.381. The van der Waals surface area contributed by atoms with Crippen LogP contribution in [0.1, 0.15) is 18.4 Å². The molecule has 0 unspecified atom stereocenters. The van der Waals surface area contributed by atoms with Gasteiger partial charge >= 0.3 is 11.8 Å². The molecule has 0 saturated carbocycles. The summed E-state index contributed by atoms with van der Waals surface area (Å²) in [5.41, 5.74) is 1.46. The summed E-state index contributed by atoms with van der Waals surface area (Å²) in [6.45, 7) is 4.19. The molecular formula is C21H26N4O3. The largest absolute Gasteiger partial charge is 0.495 e. The highest BCUT2D eigenvalue weighted by Gasteiger charge is 2.22. The molecule has 0 bridgehead atoms. The Morgan fingerprint density at radius 2 is 1.96 bits per heavy atom. The average Bonchev–Trinajstić information content (AvgIpc) is 2.73. The minimum absolute atomic E-state index is 0.352.